The maximum Gasteiger partial charge on any atom is 0.175 e. The van der Waals surface area contributed by atoms with Crippen molar-refractivity contribution in [1.29, 1.82) is 0 Å². The Kier molecular flexibility index (Phi) is 13.7. The molecule has 0 saturated carbocycles. The first-order valence-electron chi connectivity index (χ1n) is 14.0. The van der Waals surface area contributed by atoms with E-state index in [9.17, 15) is 0 Å². The predicted octanol–water partition coefficient (Wildman–Crippen LogP) is 2.95. The van der Waals surface area contributed by atoms with Crippen LogP contribution in [-0.2, 0) is 18.9 Å². The van der Waals surface area contributed by atoms with Crippen molar-refractivity contribution in [2.45, 2.75) is 0 Å². The summed E-state index contributed by atoms with van der Waals surface area (Å²) in [7, 11) is 0. The van der Waals surface area contributed by atoms with Crippen LogP contribution in [0.2, 0.25) is 0 Å². The third-order valence-corrected chi connectivity index (χ3v) is 6.72. The number of nitrogens with zero attached hydrogens (tertiary/aromatic N) is 2. The molecule has 220 valence electrons. The minimum Gasteiger partial charge on any atom is -0.488 e. The van der Waals surface area contributed by atoms with E-state index in [1.807, 2.05) is 48.5 Å². The highest BCUT2D eigenvalue weighted by molar-refractivity contribution is 7.80. The molecule has 1 fully saturated rings. The Morgan fingerprint density at radius 2 is 1.00 bits per heavy atom. The molecule has 2 bridgehead atoms. The normalized spacial score (nSPS) is 22.5. The zero-order valence-electron chi connectivity index (χ0n) is 23.2. The van der Waals surface area contributed by atoms with Crippen LogP contribution >= 0.6 is 12.2 Å². The molecule has 2 N–H and O–H groups in total. The van der Waals surface area contributed by atoms with Gasteiger partial charge in [0.15, 0.2) is 16.6 Å². The van der Waals surface area contributed by atoms with E-state index >= 15 is 0 Å². The second-order valence-corrected chi connectivity index (χ2v) is 9.84. The smallest absolute Gasteiger partial charge is 0.175 e. The van der Waals surface area contributed by atoms with Gasteiger partial charge in [-0.1, -0.05) is 18.2 Å². The Morgan fingerprint density at radius 3 is 1.55 bits per heavy atom. The number of thiocarbonyl (C=S) groups is 1. The van der Waals surface area contributed by atoms with Gasteiger partial charge in [0.2, 0.25) is 0 Å². The third-order valence-electron chi connectivity index (χ3n) is 6.51. The summed E-state index contributed by atoms with van der Waals surface area (Å²) in [6.07, 6.45) is 0. The van der Waals surface area contributed by atoms with Gasteiger partial charge in [-0.15, -0.1) is 0 Å². The highest BCUT2D eigenvalue weighted by Crippen LogP contribution is 2.31. The average Bonchev–Trinajstić information content (AvgIpc) is 2.95. The largest absolute Gasteiger partial charge is 0.488 e. The maximum absolute atomic E-state index is 6.29. The quantitative estimate of drug-likeness (QED) is 0.520. The molecule has 2 aromatic carbocycles. The first-order valence-corrected chi connectivity index (χ1v) is 14.5. The monoisotopic (exact) mass is 574 g/mol. The fourth-order valence-corrected chi connectivity index (χ4v) is 4.53. The first-order chi connectivity index (χ1) is 19.8. The van der Waals surface area contributed by atoms with Gasteiger partial charge in [0.25, 0.3) is 0 Å². The van der Waals surface area contributed by atoms with Crippen molar-refractivity contribution in [2.24, 2.45) is 0 Å². The molecule has 0 aromatic heterocycles. The second kappa shape index (κ2) is 18.0. The van der Waals surface area contributed by atoms with E-state index in [1.165, 1.54) is 0 Å². The van der Waals surface area contributed by atoms with Gasteiger partial charge >= 0.3 is 0 Å². The van der Waals surface area contributed by atoms with E-state index in [0.29, 0.717) is 82.7 Å². The number of nitrogens with one attached hydrogen (secondary N) is 2. The molecule has 0 spiro atoms. The molecule has 0 aliphatic carbocycles. The minimum atomic E-state index is 0.491. The minimum absolute atomic E-state index is 0.491. The van der Waals surface area contributed by atoms with Crippen molar-refractivity contribution in [1.82, 2.24) is 9.80 Å². The highest BCUT2D eigenvalue weighted by Gasteiger charge is 2.13. The van der Waals surface area contributed by atoms with Crippen molar-refractivity contribution >= 4 is 28.7 Å². The summed E-state index contributed by atoms with van der Waals surface area (Å²) < 4.78 is 35.8. The topological polar surface area (TPSA) is 85.9 Å². The van der Waals surface area contributed by atoms with Crippen LogP contribution < -0.4 is 20.1 Å². The zero-order chi connectivity index (χ0) is 27.7. The standard InChI is InChI=1S/C29H42N4O6S/c40-29(30-25-4-2-1-3-5-25)31-26-6-7-27-28(24-26)39-19-13-33-10-16-36-22-20-34-14-8-32(12-18-38-27)9-15-35-21-23-37-17-11-33/h1-7,24H,8-23H2,(H2,30,31,40). The van der Waals surface area contributed by atoms with Crippen LogP contribution in [0.3, 0.4) is 0 Å². The Balaban J connectivity index is 1.46. The van der Waals surface area contributed by atoms with Crippen LogP contribution in [0.4, 0.5) is 11.4 Å². The van der Waals surface area contributed by atoms with Crippen LogP contribution in [0.15, 0.2) is 48.5 Å². The summed E-state index contributed by atoms with van der Waals surface area (Å²) >= 11 is 5.52. The average molecular weight is 575 g/mol. The number of para-hydroxylation sites is 1. The number of ether oxygens (including phenoxy) is 6. The lowest BCUT2D eigenvalue weighted by atomic mass is 10.2. The van der Waals surface area contributed by atoms with Gasteiger partial charge in [0.05, 0.1) is 52.9 Å². The van der Waals surface area contributed by atoms with Gasteiger partial charge in [0.1, 0.15) is 13.2 Å². The maximum atomic E-state index is 6.29. The van der Waals surface area contributed by atoms with Crippen molar-refractivity contribution in [3.63, 3.8) is 0 Å². The lowest BCUT2D eigenvalue weighted by Crippen LogP contribution is -2.36. The number of fused-ring (bicyclic) bond motifs is 18. The first kappa shape index (κ1) is 30.4. The molecule has 2 aromatic rings. The van der Waals surface area contributed by atoms with Gasteiger partial charge < -0.3 is 39.1 Å². The Hall–Kier alpha value is -2.51. The lowest BCUT2D eigenvalue weighted by molar-refractivity contribution is 0.00506. The molecule has 3 aliphatic rings. The summed E-state index contributed by atoms with van der Waals surface area (Å²) in [5.74, 6) is 1.36. The summed E-state index contributed by atoms with van der Waals surface area (Å²) in [6.45, 7) is 10.4. The van der Waals surface area contributed by atoms with E-state index in [-0.39, 0.29) is 0 Å². The Labute approximate surface area is 242 Å². The van der Waals surface area contributed by atoms with Crippen molar-refractivity contribution in [3.8, 4) is 11.5 Å². The van der Waals surface area contributed by atoms with Gasteiger partial charge in [-0.05, 0) is 36.5 Å². The summed E-state index contributed by atoms with van der Waals surface area (Å²) in [4.78, 5) is 4.57. The summed E-state index contributed by atoms with van der Waals surface area (Å²) in [5, 5.41) is 6.96. The molecule has 0 amide bonds. The van der Waals surface area contributed by atoms with Gasteiger partial charge in [-0.25, -0.2) is 0 Å². The van der Waals surface area contributed by atoms with Gasteiger partial charge in [-0.3, -0.25) is 9.80 Å². The van der Waals surface area contributed by atoms with E-state index in [4.69, 9.17) is 40.6 Å². The number of hydrogen-bond acceptors (Lipinski definition) is 9. The highest BCUT2D eigenvalue weighted by atomic mass is 32.1. The molecule has 0 atom stereocenters. The van der Waals surface area contributed by atoms with Crippen LogP contribution in [0.25, 0.3) is 0 Å². The molecule has 3 heterocycles. The van der Waals surface area contributed by atoms with Gasteiger partial charge in [0, 0.05) is 56.7 Å². The van der Waals surface area contributed by atoms with Crippen molar-refractivity contribution in [2.75, 3.05) is 116 Å². The van der Waals surface area contributed by atoms with Gasteiger partial charge in [-0.2, -0.15) is 0 Å². The van der Waals surface area contributed by atoms with Crippen LogP contribution in [-0.4, -0.2) is 120 Å². The van der Waals surface area contributed by atoms with E-state index in [2.05, 4.69) is 20.4 Å². The molecule has 1 saturated heterocycles. The molecular formula is C29H42N4O6S. The second-order valence-electron chi connectivity index (χ2n) is 9.44. The molecule has 11 heteroatoms. The molecule has 3 aliphatic heterocycles. The number of rotatable bonds is 2. The summed E-state index contributed by atoms with van der Waals surface area (Å²) in [5.41, 5.74) is 1.73. The number of anilines is 2. The predicted molar refractivity (Wildman–Crippen MR) is 160 cm³/mol. The Morgan fingerprint density at radius 1 is 0.525 bits per heavy atom. The molecule has 0 radical (unpaired) electrons. The van der Waals surface area contributed by atoms with E-state index in [0.717, 1.165) is 50.6 Å². The zero-order valence-corrected chi connectivity index (χ0v) is 24.0. The van der Waals surface area contributed by atoms with Crippen LogP contribution in [0, 0.1) is 0 Å². The fourth-order valence-electron chi connectivity index (χ4n) is 4.29. The SMILES string of the molecule is S=C(Nc1ccccc1)Nc1ccc2c(c1)OCCN1CCOCCOCCN(CCOCCOCC1)CCO2. The van der Waals surface area contributed by atoms with E-state index in [1.54, 1.807) is 0 Å². The molecule has 5 rings (SSSR count). The van der Waals surface area contributed by atoms with Crippen LogP contribution in [0.5, 0.6) is 11.5 Å². The lowest BCUT2D eigenvalue weighted by Gasteiger charge is -2.25. The molecule has 40 heavy (non-hydrogen) atoms. The van der Waals surface area contributed by atoms with Crippen LogP contribution in [0.1, 0.15) is 0 Å². The third kappa shape index (κ3) is 11.5. The van der Waals surface area contributed by atoms with E-state index < -0.39 is 0 Å². The molecular weight excluding hydrogens is 532 g/mol. The molecule has 0 unspecified atom stereocenters. The molecule has 10 nitrogen and oxygen atoms in total. The number of hydrogen-bond donors (Lipinski definition) is 2. The fraction of sp³-hybridized carbons (Fsp3) is 0.552. The Bertz CT molecular complexity index is 982. The van der Waals surface area contributed by atoms with Crippen molar-refractivity contribution < 1.29 is 28.4 Å². The number of benzene rings is 2. The van der Waals surface area contributed by atoms with Crippen molar-refractivity contribution in [3.05, 3.63) is 48.5 Å². The summed E-state index contributed by atoms with van der Waals surface area (Å²) in [6, 6.07) is 15.6.